The quantitative estimate of drug-likeness (QED) is 0.694. The summed E-state index contributed by atoms with van der Waals surface area (Å²) in [6.07, 6.45) is 1.99. The van der Waals surface area contributed by atoms with Crippen LogP contribution in [-0.2, 0) is 9.59 Å². The Morgan fingerprint density at radius 1 is 1.59 bits per heavy atom. The summed E-state index contributed by atoms with van der Waals surface area (Å²) in [5, 5.41) is 8.89. The third-order valence-electron chi connectivity index (χ3n) is 3.67. The SMILES string of the molecule is CCC(C#N)C(=O)N1CCN2C(=O)CCC2C1. The average Bonchev–Trinajstić information content (AvgIpc) is 2.72. The summed E-state index contributed by atoms with van der Waals surface area (Å²) < 4.78 is 0. The van der Waals surface area contributed by atoms with Crippen LogP contribution in [0.25, 0.3) is 0 Å². The molecule has 17 heavy (non-hydrogen) atoms. The number of carbonyl (C=O) groups is 2. The highest BCUT2D eigenvalue weighted by Crippen LogP contribution is 2.23. The van der Waals surface area contributed by atoms with Gasteiger partial charge in [0, 0.05) is 32.1 Å². The van der Waals surface area contributed by atoms with Gasteiger partial charge in [0.05, 0.1) is 6.07 Å². The molecule has 2 rings (SSSR count). The van der Waals surface area contributed by atoms with Gasteiger partial charge in [-0.15, -0.1) is 0 Å². The number of piperazine rings is 1. The topological polar surface area (TPSA) is 64.4 Å². The molecule has 2 aliphatic rings. The Bertz CT molecular complexity index is 374. The van der Waals surface area contributed by atoms with Crippen LogP contribution in [0.1, 0.15) is 26.2 Å². The molecule has 0 N–H and O–H groups in total. The van der Waals surface area contributed by atoms with Crippen LogP contribution in [0.2, 0.25) is 0 Å². The van der Waals surface area contributed by atoms with Crippen molar-refractivity contribution in [2.75, 3.05) is 19.6 Å². The van der Waals surface area contributed by atoms with Gasteiger partial charge < -0.3 is 9.80 Å². The molecule has 2 amide bonds. The molecular formula is C12H17N3O2. The highest BCUT2D eigenvalue weighted by molar-refractivity contribution is 5.83. The predicted molar refractivity (Wildman–Crippen MR) is 60.7 cm³/mol. The van der Waals surface area contributed by atoms with Gasteiger partial charge in [-0.25, -0.2) is 0 Å². The number of nitriles is 1. The highest BCUT2D eigenvalue weighted by Gasteiger charge is 2.37. The third-order valence-corrected chi connectivity index (χ3v) is 3.67. The van der Waals surface area contributed by atoms with E-state index in [0.717, 1.165) is 6.42 Å². The maximum absolute atomic E-state index is 12.0. The second kappa shape index (κ2) is 4.74. The van der Waals surface area contributed by atoms with Crippen molar-refractivity contribution >= 4 is 11.8 Å². The first kappa shape index (κ1) is 11.9. The summed E-state index contributed by atoms with van der Waals surface area (Å²) in [6, 6.07) is 2.22. The minimum Gasteiger partial charge on any atom is -0.338 e. The van der Waals surface area contributed by atoms with Crippen molar-refractivity contribution in [3.05, 3.63) is 0 Å². The van der Waals surface area contributed by atoms with Gasteiger partial charge in [-0.2, -0.15) is 5.26 Å². The van der Waals surface area contributed by atoms with Crippen molar-refractivity contribution in [3.8, 4) is 6.07 Å². The van der Waals surface area contributed by atoms with Gasteiger partial charge in [-0.3, -0.25) is 9.59 Å². The van der Waals surface area contributed by atoms with Crippen molar-refractivity contribution in [3.63, 3.8) is 0 Å². The fourth-order valence-corrected chi connectivity index (χ4v) is 2.61. The molecule has 0 aromatic rings. The molecule has 0 aromatic heterocycles. The van der Waals surface area contributed by atoms with Gasteiger partial charge in [0.2, 0.25) is 11.8 Å². The number of nitrogens with zero attached hydrogens (tertiary/aromatic N) is 3. The van der Waals surface area contributed by atoms with E-state index in [1.54, 1.807) is 4.90 Å². The van der Waals surface area contributed by atoms with Crippen LogP contribution < -0.4 is 0 Å². The van der Waals surface area contributed by atoms with E-state index in [1.807, 2.05) is 17.9 Å². The smallest absolute Gasteiger partial charge is 0.240 e. The number of hydrogen-bond acceptors (Lipinski definition) is 3. The Hall–Kier alpha value is -1.57. The molecule has 2 aliphatic heterocycles. The Kier molecular flexibility index (Phi) is 3.32. The molecule has 0 aliphatic carbocycles. The zero-order valence-electron chi connectivity index (χ0n) is 10.1. The van der Waals surface area contributed by atoms with Crippen LogP contribution in [-0.4, -0.2) is 47.3 Å². The van der Waals surface area contributed by atoms with E-state index in [9.17, 15) is 9.59 Å². The fraction of sp³-hybridized carbons (Fsp3) is 0.750. The van der Waals surface area contributed by atoms with Crippen molar-refractivity contribution in [1.82, 2.24) is 9.80 Å². The molecule has 0 radical (unpaired) electrons. The summed E-state index contributed by atoms with van der Waals surface area (Å²) >= 11 is 0. The highest BCUT2D eigenvalue weighted by atomic mass is 16.2. The summed E-state index contributed by atoms with van der Waals surface area (Å²) in [4.78, 5) is 27.2. The van der Waals surface area contributed by atoms with E-state index in [1.165, 1.54) is 0 Å². The third kappa shape index (κ3) is 2.12. The molecule has 0 spiro atoms. The van der Waals surface area contributed by atoms with E-state index in [4.69, 9.17) is 5.26 Å². The van der Waals surface area contributed by atoms with Gasteiger partial charge in [-0.05, 0) is 12.8 Å². The van der Waals surface area contributed by atoms with Gasteiger partial charge in [0.15, 0.2) is 0 Å². The first-order valence-corrected chi connectivity index (χ1v) is 6.15. The molecular weight excluding hydrogens is 218 g/mol. The lowest BCUT2D eigenvalue weighted by atomic mass is 10.0. The molecule has 0 bridgehead atoms. The van der Waals surface area contributed by atoms with Crippen LogP contribution in [0, 0.1) is 17.2 Å². The molecule has 2 unspecified atom stereocenters. The normalized spacial score (nSPS) is 25.4. The second-order valence-corrected chi connectivity index (χ2v) is 4.65. The van der Waals surface area contributed by atoms with Crippen LogP contribution in [0.5, 0.6) is 0 Å². The van der Waals surface area contributed by atoms with E-state index in [-0.39, 0.29) is 17.9 Å². The van der Waals surface area contributed by atoms with Crippen molar-refractivity contribution in [2.45, 2.75) is 32.2 Å². The summed E-state index contributed by atoms with van der Waals surface area (Å²) in [6.45, 7) is 3.64. The fourth-order valence-electron chi connectivity index (χ4n) is 2.61. The molecule has 0 saturated carbocycles. The zero-order valence-corrected chi connectivity index (χ0v) is 10.1. The van der Waals surface area contributed by atoms with Crippen molar-refractivity contribution in [1.29, 1.82) is 5.26 Å². The lowest BCUT2D eigenvalue weighted by Gasteiger charge is -2.38. The Morgan fingerprint density at radius 3 is 3.00 bits per heavy atom. The number of rotatable bonds is 2. The Morgan fingerprint density at radius 2 is 2.35 bits per heavy atom. The number of amides is 2. The predicted octanol–water partition coefficient (Wildman–Crippen LogP) is 0.369. The molecule has 5 heteroatoms. The molecule has 2 atom stereocenters. The molecule has 92 valence electrons. The van der Waals surface area contributed by atoms with Crippen LogP contribution in [0.4, 0.5) is 0 Å². The van der Waals surface area contributed by atoms with E-state index < -0.39 is 5.92 Å². The molecule has 5 nitrogen and oxygen atoms in total. The standard InChI is InChI=1S/C12H17N3O2/c1-2-9(7-13)12(17)14-5-6-15-10(8-14)3-4-11(15)16/h9-10H,2-6,8H2,1H3. The summed E-state index contributed by atoms with van der Waals surface area (Å²) in [7, 11) is 0. The largest absolute Gasteiger partial charge is 0.338 e. The molecule has 2 saturated heterocycles. The Labute approximate surface area is 101 Å². The number of carbonyl (C=O) groups excluding carboxylic acids is 2. The van der Waals surface area contributed by atoms with Crippen molar-refractivity contribution < 1.29 is 9.59 Å². The van der Waals surface area contributed by atoms with E-state index in [0.29, 0.717) is 32.5 Å². The lowest BCUT2D eigenvalue weighted by Crippen LogP contribution is -2.54. The average molecular weight is 235 g/mol. The Balaban J connectivity index is 2.00. The summed E-state index contributed by atoms with van der Waals surface area (Å²) in [5.74, 6) is -0.401. The van der Waals surface area contributed by atoms with Crippen LogP contribution in [0.3, 0.4) is 0 Å². The van der Waals surface area contributed by atoms with Gasteiger partial charge in [-0.1, -0.05) is 6.92 Å². The zero-order chi connectivity index (χ0) is 12.4. The molecule has 2 fully saturated rings. The minimum atomic E-state index is -0.529. The summed E-state index contributed by atoms with van der Waals surface area (Å²) in [5.41, 5.74) is 0. The van der Waals surface area contributed by atoms with Crippen LogP contribution >= 0.6 is 0 Å². The monoisotopic (exact) mass is 235 g/mol. The van der Waals surface area contributed by atoms with E-state index >= 15 is 0 Å². The van der Waals surface area contributed by atoms with Gasteiger partial charge in [0.25, 0.3) is 0 Å². The first-order valence-electron chi connectivity index (χ1n) is 6.15. The maximum atomic E-state index is 12.0. The first-order chi connectivity index (χ1) is 8.17. The molecule has 0 aromatic carbocycles. The minimum absolute atomic E-state index is 0.0750. The van der Waals surface area contributed by atoms with Crippen molar-refractivity contribution in [2.24, 2.45) is 5.92 Å². The van der Waals surface area contributed by atoms with Gasteiger partial charge >= 0.3 is 0 Å². The maximum Gasteiger partial charge on any atom is 0.240 e. The number of fused-ring (bicyclic) bond motifs is 1. The second-order valence-electron chi connectivity index (χ2n) is 4.65. The molecule has 2 heterocycles. The number of hydrogen-bond donors (Lipinski definition) is 0. The lowest BCUT2D eigenvalue weighted by molar-refractivity contribution is -0.140. The van der Waals surface area contributed by atoms with E-state index in [2.05, 4.69) is 0 Å². The van der Waals surface area contributed by atoms with Gasteiger partial charge in [0.1, 0.15) is 5.92 Å². The van der Waals surface area contributed by atoms with Crippen LogP contribution in [0.15, 0.2) is 0 Å².